The van der Waals surface area contributed by atoms with Crippen molar-refractivity contribution in [1.82, 2.24) is 9.97 Å². The molecule has 0 saturated carbocycles. The van der Waals surface area contributed by atoms with E-state index in [1.54, 1.807) is 0 Å². The maximum absolute atomic E-state index is 6.27. The monoisotopic (exact) mass is 661 g/mol. The fourth-order valence-electron chi connectivity index (χ4n) is 6.99. The summed E-state index contributed by atoms with van der Waals surface area (Å²) in [6.07, 6.45) is 42.0. The maximum Gasteiger partial charge on any atom is 0.130 e. The van der Waals surface area contributed by atoms with E-state index in [4.69, 9.17) is 19.4 Å². The minimum absolute atomic E-state index is 0.755. The summed E-state index contributed by atoms with van der Waals surface area (Å²) < 4.78 is 12.5. The van der Waals surface area contributed by atoms with E-state index >= 15 is 0 Å². The summed E-state index contributed by atoms with van der Waals surface area (Å²) in [6.45, 7) is 6.10. The van der Waals surface area contributed by atoms with Gasteiger partial charge in [-0.05, 0) is 37.1 Å². The van der Waals surface area contributed by atoms with Crippen molar-refractivity contribution in [2.24, 2.45) is 0 Å². The fourth-order valence-corrected chi connectivity index (χ4v) is 6.99. The van der Waals surface area contributed by atoms with Gasteiger partial charge >= 0.3 is 0 Å². The SMILES string of the molecule is CCCCCCCCCCCCCCCCOc1ccnc2c1ccc1c(OCCCCCCCCCCCCCCCC)ccnc12. The first-order chi connectivity index (χ1) is 23.8. The quantitative estimate of drug-likeness (QED) is 0.0494. The van der Waals surface area contributed by atoms with Gasteiger partial charge in [-0.3, -0.25) is 9.97 Å². The largest absolute Gasteiger partial charge is 0.493 e. The molecule has 4 heteroatoms. The van der Waals surface area contributed by atoms with E-state index in [9.17, 15) is 0 Å². The molecule has 0 amide bonds. The highest BCUT2D eigenvalue weighted by Crippen LogP contribution is 2.33. The molecule has 3 aromatic rings. The second-order valence-corrected chi connectivity index (χ2v) is 14.4. The molecule has 0 unspecified atom stereocenters. The molecule has 0 radical (unpaired) electrons. The molecule has 0 atom stereocenters. The van der Waals surface area contributed by atoms with Gasteiger partial charge in [0.25, 0.3) is 0 Å². The topological polar surface area (TPSA) is 44.2 Å². The molecule has 2 heterocycles. The zero-order chi connectivity index (χ0) is 33.7. The van der Waals surface area contributed by atoms with Crippen LogP contribution in [0.25, 0.3) is 21.8 Å². The number of aromatic nitrogens is 2. The molecule has 3 rings (SSSR count). The van der Waals surface area contributed by atoms with Crippen LogP contribution in [0.2, 0.25) is 0 Å². The van der Waals surface area contributed by atoms with Crippen molar-refractivity contribution in [2.75, 3.05) is 13.2 Å². The van der Waals surface area contributed by atoms with Gasteiger partial charge in [0.05, 0.1) is 13.2 Å². The molecule has 4 nitrogen and oxygen atoms in total. The molecule has 0 saturated heterocycles. The van der Waals surface area contributed by atoms with Gasteiger partial charge in [-0.2, -0.15) is 0 Å². The third kappa shape index (κ3) is 16.8. The van der Waals surface area contributed by atoms with E-state index in [0.717, 1.165) is 59.4 Å². The molecule has 0 fully saturated rings. The number of pyridine rings is 2. The van der Waals surface area contributed by atoms with Crippen LogP contribution in [-0.2, 0) is 0 Å². The van der Waals surface area contributed by atoms with Crippen LogP contribution in [0.15, 0.2) is 36.7 Å². The lowest BCUT2D eigenvalue weighted by molar-refractivity contribution is 0.307. The highest BCUT2D eigenvalue weighted by atomic mass is 16.5. The van der Waals surface area contributed by atoms with Crippen molar-refractivity contribution in [3.63, 3.8) is 0 Å². The number of hydrogen-bond donors (Lipinski definition) is 0. The Morgan fingerprint density at radius 1 is 0.354 bits per heavy atom. The molecular weight excluding hydrogens is 588 g/mol. The smallest absolute Gasteiger partial charge is 0.130 e. The minimum atomic E-state index is 0.755. The van der Waals surface area contributed by atoms with Crippen LogP contribution in [-0.4, -0.2) is 23.2 Å². The van der Waals surface area contributed by atoms with Crippen LogP contribution in [0.5, 0.6) is 11.5 Å². The number of ether oxygens (including phenoxy) is 2. The van der Waals surface area contributed by atoms with Crippen molar-refractivity contribution < 1.29 is 9.47 Å². The van der Waals surface area contributed by atoms with Gasteiger partial charge in [0.1, 0.15) is 22.5 Å². The molecule has 270 valence electrons. The van der Waals surface area contributed by atoms with E-state index < -0.39 is 0 Å². The van der Waals surface area contributed by atoms with Gasteiger partial charge in [-0.1, -0.05) is 181 Å². The number of nitrogens with zero attached hydrogens (tertiary/aromatic N) is 2. The summed E-state index contributed by atoms with van der Waals surface area (Å²) >= 11 is 0. The van der Waals surface area contributed by atoms with Gasteiger partial charge in [0.15, 0.2) is 0 Å². The molecule has 0 bridgehead atoms. The standard InChI is InChI=1S/C44H72N2O2/c1-3-5-7-9-11-13-15-17-19-21-23-25-27-29-37-47-41-33-35-45-43-39(41)31-32-40-42(34-36-46-44(40)43)48-38-30-28-26-24-22-20-18-16-14-12-10-8-6-4-2/h31-36H,3-30,37-38H2,1-2H3. The first-order valence-corrected chi connectivity index (χ1v) is 20.8. The Kier molecular flexibility index (Phi) is 22.9. The van der Waals surface area contributed by atoms with E-state index in [1.165, 1.54) is 167 Å². The molecule has 1 aromatic carbocycles. The predicted molar refractivity (Wildman–Crippen MR) is 209 cm³/mol. The zero-order valence-corrected chi connectivity index (χ0v) is 31.4. The van der Waals surface area contributed by atoms with E-state index in [0.29, 0.717) is 0 Å². The summed E-state index contributed by atoms with van der Waals surface area (Å²) in [5.74, 6) is 1.82. The fraction of sp³-hybridized carbons (Fsp3) is 0.727. The highest BCUT2D eigenvalue weighted by molar-refractivity contribution is 6.06. The second kappa shape index (κ2) is 27.5. The molecule has 2 aromatic heterocycles. The van der Waals surface area contributed by atoms with Gasteiger partial charge in [0, 0.05) is 23.2 Å². The Balaban J connectivity index is 1.26. The molecule has 0 spiro atoms. The van der Waals surface area contributed by atoms with Crippen molar-refractivity contribution in [1.29, 1.82) is 0 Å². The number of fused-ring (bicyclic) bond motifs is 3. The van der Waals surface area contributed by atoms with Crippen LogP contribution in [0.4, 0.5) is 0 Å². The number of benzene rings is 1. The molecule has 0 aliphatic rings. The lowest BCUT2D eigenvalue weighted by Gasteiger charge is -2.12. The third-order valence-electron chi connectivity index (χ3n) is 10.1. The Hall–Kier alpha value is -2.36. The van der Waals surface area contributed by atoms with Crippen LogP contribution in [0.3, 0.4) is 0 Å². The lowest BCUT2D eigenvalue weighted by Crippen LogP contribution is -2.00. The highest BCUT2D eigenvalue weighted by Gasteiger charge is 2.11. The molecule has 0 aliphatic heterocycles. The van der Waals surface area contributed by atoms with Crippen molar-refractivity contribution in [3.05, 3.63) is 36.7 Å². The normalized spacial score (nSPS) is 11.5. The van der Waals surface area contributed by atoms with Gasteiger partial charge in [-0.25, -0.2) is 0 Å². The van der Waals surface area contributed by atoms with Gasteiger partial charge < -0.3 is 9.47 Å². The molecule has 0 N–H and O–H groups in total. The first kappa shape index (κ1) is 40.1. The number of rotatable bonds is 32. The van der Waals surface area contributed by atoms with E-state index in [1.807, 2.05) is 24.5 Å². The summed E-state index contributed by atoms with van der Waals surface area (Å²) in [6, 6.07) is 8.25. The summed E-state index contributed by atoms with van der Waals surface area (Å²) in [5.41, 5.74) is 1.79. The number of hydrogen-bond acceptors (Lipinski definition) is 4. The average molecular weight is 661 g/mol. The van der Waals surface area contributed by atoms with Crippen molar-refractivity contribution >= 4 is 21.8 Å². The lowest BCUT2D eigenvalue weighted by atomic mass is 10.0. The molecule has 0 aliphatic carbocycles. The minimum Gasteiger partial charge on any atom is -0.493 e. The summed E-state index contributed by atoms with van der Waals surface area (Å²) in [7, 11) is 0. The third-order valence-corrected chi connectivity index (χ3v) is 10.1. The number of unbranched alkanes of at least 4 members (excludes halogenated alkanes) is 26. The summed E-state index contributed by atoms with van der Waals surface area (Å²) in [4.78, 5) is 9.42. The van der Waals surface area contributed by atoms with Crippen molar-refractivity contribution in [3.8, 4) is 11.5 Å². The summed E-state index contributed by atoms with van der Waals surface area (Å²) in [5, 5.41) is 2.07. The van der Waals surface area contributed by atoms with Crippen LogP contribution in [0.1, 0.15) is 194 Å². The molecular formula is C44H72N2O2. The Morgan fingerprint density at radius 2 is 0.625 bits per heavy atom. The first-order valence-electron chi connectivity index (χ1n) is 20.8. The van der Waals surface area contributed by atoms with E-state index in [-0.39, 0.29) is 0 Å². The van der Waals surface area contributed by atoms with Crippen molar-refractivity contribution in [2.45, 2.75) is 194 Å². The zero-order valence-electron chi connectivity index (χ0n) is 31.4. The second-order valence-electron chi connectivity index (χ2n) is 14.4. The van der Waals surface area contributed by atoms with Crippen LogP contribution in [0, 0.1) is 0 Å². The average Bonchev–Trinajstić information content (AvgIpc) is 3.11. The predicted octanol–water partition coefficient (Wildman–Crippen LogP) is 14.5. The van der Waals surface area contributed by atoms with E-state index in [2.05, 4.69) is 26.0 Å². The van der Waals surface area contributed by atoms with Crippen LogP contribution < -0.4 is 9.47 Å². The molecule has 48 heavy (non-hydrogen) atoms. The van der Waals surface area contributed by atoms with Gasteiger partial charge in [0.2, 0.25) is 0 Å². The van der Waals surface area contributed by atoms with Gasteiger partial charge in [-0.15, -0.1) is 0 Å². The Morgan fingerprint density at radius 3 is 0.917 bits per heavy atom. The maximum atomic E-state index is 6.27. The Bertz CT molecular complexity index is 1100. The van der Waals surface area contributed by atoms with Crippen LogP contribution >= 0.6 is 0 Å². The Labute approximate surface area is 295 Å².